The number of nitrogens with zero attached hydrogens (tertiary/aromatic N) is 2. The number of rotatable bonds is 5. The molecule has 2 heterocycles. The number of ether oxygens (including phenoxy) is 3. The number of methoxy groups -OCH3 is 3. The quantitative estimate of drug-likeness (QED) is 0.736. The van der Waals surface area contributed by atoms with Crippen LogP contribution < -0.4 is 19.5 Å². The summed E-state index contributed by atoms with van der Waals surface area (Å²) in [5.74, 6) is 2.37. The molecular weight excluding hydrogens is 358 g/mol. The lowest BCUT2D eigenvalue weighted by atomic mass is 9.89. The van der Waals surface area contributed by atoms with Crippen molar-refractivity contribution in [2.75, 3.05) is 26.6 Å². The molecule has 0 radical (unpaired) electrons. The molecule has 28 heavy (non-hydrogen) atoms. The Bertz CT molecular complexity index is 1010. The minimum atomic E-state index is -0.228. The van der Waals surface area contributed by atoms with Gasteiger partial charge in [-0.25, -0.2) is 4.98 Å². The molecule has 1 aliphatic rings. The van der Waals surface area contributed by atoms with Crippen molar-refractivity contribution in [3.63, 3.8) is 0 Å². The average molecular weight is 379 g/mol. The number of nitrogens with one attached hydrogen (secondary N) is 1. The number of carbonyl (C=O) groups is 1. The number of hydrogen-bond acceptors (Lipinski definition) is 5. The molecule has 7 heteroatoms. The van der Waals surface area contributed by atoms with Gasteiger partial charge in [0.2, 0.25) is 5.91 Å². The predicted octanol–water partition coefficient (Wildman–Crippen LogP) is 3.37. The maximum atomic E-state index is 12.5. The predicted molar refractivity (Wildman–Crippen MR) is 105 cm³/mol. The Morgan fingerprint density at radius 3 is 2.50 bits per heavy atom. The van der Waals surface area contributed by atoms with Gasteiger partial charge in [0.1, 0.15) is 17.9 Å². The number of amides is 1. The molecule has 0 unspecified atom stereocenters. The van der Waals surface area contributed by atoms with Crippen LogP contribution in [0.3, 0.4) is 0 Å². The Labute approximate surface area is 162 Å². The fourth-order valence-electron chi connectivity index (χ4n) is 3.59. The van der Waals surface area contributed by atoms with E-state index in [1.54, 1.807) is 27.7 Å². The van der Waals surface area contributed by atoms with E-state index in [0.717, 1.165) is 22.7 Å². The molecule has 3 aromatic rings. The first-order valence-electron chi connectivity index (χ1n) is 8.88. The van der Waals surface area contributed by atoms with Gasteiger partial charge in [0.15, 0.2) is 11.5 Å². The number of hydrogen-bond donors (Lipinski definition) is 1. The van der Waals surface area contributed by atoms with Gasteiger partial charge in [-0.2, -0.15) is 0 Å². The lowest BCUT2D eigenvalue weighted by Crippen LogP contribution is -2.25. The molecule has 0 spiro atoms. The highest BCUT2D eigenvalue weighted by atomic mass is 16.5. The maximum Gasteiger partial charge on any atom is 0.226 e. The summed E-state index contributed by atoms with van der Waals surface area (Å²) in [5, 5.41) is 2.96. The van der Waals surface area contributed by atoms with E-state index in [-0.39, 0.29) is 18.2 Å². The summed E-state index contributed by atoms with van der Waals surface area (Å²) < 4.78 is 18.1. The number of imidazole rings is 1. The SMILES string of the molecule is COc1ccc(-n2cnc3c2NC(=O)C[C@@H]3c2cccc(OC)c2OC)cc1. The fourth-order valence-corrected chi connectivity index (χ4v) is 3.59. The van der Waals surface area contributed by atoms with E-state index in [1.807, 2.05) is 47.0 Å². The van der Waals surface area contributed by atoms with Crippen LogP contribution in [0.1, 0.15) is 23.6 Å². The third-order valence-corrected chi connectivity index (χ3v) is 4.93. The molecule has 1 atom stereocenters. The molecular formula is C21H21N3O4. The standard InChI is InChI=1S/C21H21N3O4/c1-26-14-9-7-13(8-10-14)24-12-22-19-16(11-18(25)23-21(19)24)15-5-4-6-17(27-2)20(15)28-3/h4-10,12,16H,11H2,1-3H3,(H,23,25)/t16-/m1/s1. The average Bonchev–Trinajstić information content (AvgIpc) is 3.16. The van der Waals surface area contributed by atoms with Crippen LogP contribution in [0.25, 0.3) is 5.69 Å². The zero-order chi connectivity index (χ0) is 19.7. The van der Waals surface area contributed by atoms with E-state index in [2.05, 4.69) is 10.3 Å². The molecule has 2 aromatic carbocycles. The third kappa shape index (κ3) is 2.94. The number of carbonyl (C=O) groups excluding carboxylic acids is 1. The molecule has 0 saturated carbocycles. The first-order valence-corrected chi connectivity index (χ1v) is 8.88. The van der Waals surface area contributed by atoms with Crippen molar-refractivity contribution >= 4 is 11.7 Å². The minimum Gasteiger partial charge on any atom is -0.497 e. The largest absolute Gasteiger partial charge is 0.497 e. The van der Waals surface area contributed by atoms with Gasteiger partial charge in [0, 0.05) is 23.6 Å². The first kappa shape index (κ1) is 17.9. The van der Waals surface area contributed by atoms with Gasteiger partial charge in [-0.3, -0.25) is 9.36 Å². The Kier molecular flexibility index (Phi) is 4.65. The van der Waals surface area contributed by atoms with Crippen LogP contribution in [0.2, 0.25) is 0 Å². The Morgan fingerprint density at radius 2 is 1.82 bits per heavy atom. The van der Waals surface area contributed by atoms with Crippen LogP contribution in [0.15, 0.2) is 48.8 Å². The van der Waals surface area contributed by atoms with E-state index in [0.29, 0.717) is 17.3 Å². The van der Waals surface area contributed by atoms with Gasteiger partial charge in [-0.05, 0) is 30.3 Å². The highest BCUT2D eigenvalue weighted by molar-refractivity contribution is 5.94. The lowest BCUT2D eigenvalue weighted by molar-refractivity contribution is -0.116. The Hall–Kier alpha value is -3.48. The molecule has 1 amide bonds. The third-order valence-electron chi connectivity index (χ3n) is 4.93. The van der Waals surface area contributed by atoms with E-state index >= 15 is 0 Å². The summed E-state index contributed by atoms with van der Waals surface area (Å²) in [6, 6.07) is 13.3. The number of para-hydroxylation sites is 1. The van der Waals surface area contributed by atoms with E-state index in [1.165, 1.54) is 0 Å². The summed E-state index contributed by atoms with van der Waals surface area (Å²) in [6.45, 7) is 0. The zero-order valence-electron chi connectivity index (χ0n) is 15.9. The van der Waals surface area contributed by atoms with Crippen molar-refractivity contribution in [3.8, 4) is 22.9 Å². The fraction of sp³-hybridized carbons (Fsp3) is 0.238. The molecule has 4 rings (SSSR count). The number of benzene rings is 2. The number of fused-ring (bicyclic) bond motifs is 1. The summed E-state index contributed by atoms with van der Waals surface area (Å²) in [6.07, 6.45) is 2.01. The maximum absolute atomic E-state index is 12.5. The Morgan fingerprint density at radius 1 is 1.04 bits per heavy atom. The monoisotopic (exact) mass is 379 g/mol. The zero-order valence-corrected chi connectivity index (χ0v) is 15.9. The molecule has 0 bridgehead atoms. The highest BCUT2D eigenvalue weighted by Crippen LogP contribution is 2.43. The molecule has 1 aliphatic heterocycles. The topological polar surface area (TPSA) is 74.6 Å². The van der Waals surface area contributed by atoms with Gasteiger partial charge in [0.05, 0.1) is 27.0 Å². The van der Waals surface area contributed by atoms with Crippen LogP contribution in [0, 0.1) is 0 Å². The van der Waals surface area contributed by atoms with Crippen molar-refractivity contribution in [2.24, 2.45) is 0 Å². The van der Waals surface area contributed by atoms with Crippen molar-refractivity contribution in [1.82, 2.24) is 9.55 Å². The van der Waals surface area contributed by atoms with Crippen molar-refractivity contribution in [3.05, 3.63) is 60.0 Å². The van der Waals surface area contributed by atoms with Gasteiger partial charge >= 0.3 is 0 Å². The molecule has 0 fully saturated rings. The molecule has 144 valence electrons. The van der Waals surface area contributed by atoms with Crippen LogP contribution in [0.4, 0.5) is 5.82 Å². The van der Waals surface area contributed by atoms with Crippen LogP contribution in [-0.2, 0) is 4.79 Å². The summed E-state index contributed by atoms with van der Waals surface area (Å²) in [4.78, 5) is 17.1. The van der Waals surface area contributed by atoms with Crippen molar-refractivity contribution in [1.29, 1.82) is 0 Å². The van der Waals surface area contributed by atoms with Crippen LogP contribution in [-0.4, -0.2) is 36.8 Å². The minimum absolute atomic E-state index is 0.0716. The smallest absolute Gasteiger partial charge is 0.226 e. The second-order valence-electron chi connectivity index (χ2n) is 6.43. The van der Waals surface area contributed by atoms with Gasteiger partial charge in [-0.15, -0.1) is 0 Å². The number of aromatic nitrogens is 2. The molecule has 7 nitrogen and oxygen atoms in total. The lowest BCUT2D eigenvalue weighted by Gasteiger charge is -2.25. The van der Waals surface area contributed by atoms with E-state index < -0.39 is 0 Å². The van der Waals surface area contributed by atoms with Crippen LogP contribution in [0.5, 0.6) is 17.2 Å². The second kappa shape index (κ2) is 7.26. The summed E-state index contributed by atoms with van der Waals surface area (Å²) >= 11 is 0. The summed E-state index contributed by atoms with van der Waals surface area (Å²) in [5.41, 5.74) is 2.55. The van der Waals surface area contributed by atoms with E-state index in [4.69, 9.17) is 14.2 Å². The second-order valence-corrected chi connectivity index (χ2v) is 6.43. The normalized spacial score (nSPS) is 15.5. The molecule has 0 saturated heterocycles. The molecule has 1 aromatic heterocycles. The molecule has 0 aliphatic carbocycles. The van der Waals surface area contributed by atoms with Crippen LogP contribution >= 0.6 is 0 Å². The number of anilines is 1. The van der Waals surface area contributed by atoms with Gasteiger partial charge in [-0.1, -0.05) is 12.1 Å². The van der Waals surface area contributed by atoms with Gasteiger partial charge in [0.25, 0.3) is 0 Å². The van der Waals surface area contributed by atoms with Crippen molar-refractivity contribution in [2.45, 2.75) is 12.3 Å². The summed E-state index contributed by atoms with van der Waals surface area (Å²) in [7, 11) is 4.82. The van der Waals surface area contributed by atoms with Gasteiger partial charge < -0.3 is 19.5 Å². The Balaban J connectivity index is 1.81. The highest BCUT2D eigenvalue weighted by Gasteiger charge is 2.33. The molecule has 1 N–H and O–H groups in total. The van der Waals surface area contributed by atoms with Crippen molar-refractivity contribution < 1.29 is 19.0 Å². The van der Waals surface area contributed by atoms with E-state index in [9.17, 15) is 4.79 Å². The first-order chi connectivity index (χ1) is 13.7.